The molecule has 3 nitrogen and oxygen atoms in total. The Morgan fingerprint density at radius 3 is 2.40 bits per heavy atom. The van der Waals surface area contributed by atoms with Crippen molar-refractivity contribution in [1.82, 2.24) is 4.98 Å². The molecule has 1 aromatic heterocycles. The molecule has 0 unspecified atom stereocenters. The SMILES string of the molecule is C.Cc1nc2ccc(Oc3ccccc3)cc2c2c1CCN2CCc1ccccc1. The molecule has 0 aliphatic carbocycles. The number of hydrogen-bond donors (Lipinski definition) is 0. The topological polar surface area (TPSA) is 25.4 Å². The molecule has 1 aliphatic rings. The van der Waals surface area contributed by atoms with Gasteiger partial charge in [-0.15, -0.1) is 0 Å². The highest BCUT2D eigenvalue weighted by atomic mass is 16.5. The summed E-state index contributed by atoms with van der Waals surface area (Å²) < 4.78 is 6.09. The highest BCUT2D eigenvalue weighted by molar-refractivity contribution is 5.96. The summed E-state index contributed by atoms with van der Waals surface area (Å²) in [5.41, 5.74) is 6.27. The molecule has 30 heavy (non-hydrogen) atoms. The van der Waals surface area contributed by atoms with Crippen molar-refractivity contribution in [3.63, 3.8) is 0 Å². The third-order valence-corrected chi connectivity index (χ3v) is 5.67. The smallest absolute Gasteiger partial charge is 0.128 e. The van der Waals surface area contributed by atoms with E-state index in [2.05, 4.69) is 54.3 Å². The third-order valence-electron chi connectivity index (χ3n) is 5.67. The molecule has 0 N–H and O–H groups in total. The van der Waals surface area contributed by atoms with Crippen LogP contribution in [0.1, 0.15) is 24.2 Å². The van der Waals surface area contributed by atoms with Crippen LogP contribution in [-0.2, 0) is 12.8 Å². The van der Waals surface area contributed by atoms with Gasteiger partial charge in [-0.3, -0.25) is 4.98 Å². The summed E-state index contributed by atoms with van der Waals surface area (Å²) in [7, 11) is 0. The van der Waals surface area contributed by atoms with Gasteiger partial charge in [0, 0.05) is 24.2 Å². The highest BCUT2D eigenvalue weighted by Crippen LogP contribution is 2.38. The van der Waals surface area contributed by atoms with Crippen LogP contribution in [0.2, 0.25) is 0 Å². The van der Waals surface area contributed by atoms with Crippen molar-refractivity contribution in [1.29, 1.82) is 0 Å². The van der Waals surface area contributed by atoms with Crippen LogP contribution in [0.3, 0.4) is 0 Å². The first kappa shape index (κ1) is 20.0. The predicted molar refractivity (Wildman–Crippen MR) is 126 cm³/mol. The molecule has 0 amide bonds. The first-order valence-corrected chi connectivity index (χ1v) is 10.2. The first-order valence-electron chi connectivity index (χ1n) is 10.2. The van der Waals surface area contributed by atoms with Gasteiger partial charge in [-0.25, -0.2) is 0 Å². The molecule has 3 aromatic carbocycles. The molecule has 0 saturated heterocycles. The van der Waals surface area contributed by atoms with Crippen LogP contribution in [0.5, 0.6) is 11.5 Å². The zero-order chi connectivity index (χ0) is 19.6. The molecule has 4 aromatic rings. The molecular formula is C27H28N2O. The maximum Gasteiger partial charge on any atom is 0.128 e. The summed E-state index contributed by atoms with van der Waals surface area (Å²) in [6.07, 6.45) is 2.10. The van der Waals surface area contributed by atoms with Crippen molar-refractivity contribution in [2.24, 2.45) is 0 Å². The summed E-state index contributed by atoms with van der Waals surface area (Å²) in [5, 5.41) is 1.18. The fourth-order valence-corrected chi connectivity index (χ4v) is 4.22. The lowest BCUT2D eigenvalue weighted by Gasteiger charge is -2.22. The van der Waals surface area contributed by atoms with Crippen molar-refractivity contribution in [2.75, 3.05) is 18.0 Å². The van der Waals surface area contributed by atoms with Gasteiger partial charge in [0.1, 0.15) is 11.5 Å². The molecule has 2 heterocycles. The van der Waals surface area contributed by atoms with Crippen LogP contribution in [0.15, 0.2) is 78.9 Å². The fraction of sp³-hybridized carbons (Fsp3) is 0.222. The second kappa shape index (κ2) is 8.58. The Hall–Kier alpha value is -3.33. The number of aromatic nitrogens is 1. The van der Waals surface area contributed by atoms with Crippen LogP contribution < -0.4 is 9.64 Å². The lowest BCUT2D eigenvalue weighted by atomic mass is 10.1. The Balaban J connectivity index is 0.00000218. The molecule has 3 heteroatoms. The Morgan fingerprint density at radius 1 is 0.900 bits per heavy atom. The van der Waals surface area contributed by atoms with Gasteiger partial charge in [0.15, 0.2) is 0 Å². The standard InChI is InChI=1S/C26H24N2O.CH4/c1-19-23-15-17-28(16-14-20-8-4-2-5-9-20)26(23)24-18-22(12-13-25(24)27-19)29-21-10-6-3-7-11-21;/h2-13,18H,14-17H2,1H3;1H4. The summed E-state index contributed by atoms with van der Waals surface area (Å²) in [5.74, 6) is 1.70. The summed E-state index contributed by atoms with van der Waals surface area (Å²) in [6, 6.07) is 26.9. The Bertz CT molecular complexity index is 1140. The number of aryl methyl sites for hydroxylation is 1. The number of ether oxygens (including phenoxy) is 1. The molecule has 5 rings (SSSR count). The number of benzene rings is 3. The molecule has 1 aliphatic heterocycles. The summed E-state index contributed by atoms with van der Waals surface area (Å²) in [4.78, 5) is 7.39. The van der Waals surface area contributed by atoms with Gasteiger partial charge in [-0.2, -0.15) is 0 Å². The van der Waals surface area contributed by atoms with Gasteiger partial charge < -0.3 is 9.64 Å². The van der Waals surface area contributed by atoms with Crippen molar-refractivity contribution < 1.29 is 4.74 Å². The molecule has 0 radical (unpaired) electrons. The summed E-state index contributed by atoms with van der Waals surface area (Å²) >= 11 is 0. The monoisotopic (exact) mass is 396 g/mol. The van der Waals surface area contributed by atoms with E-state index in [9.17, 15) is 0 Å². The van der Waals surface area contributed by atoms with Gasteiger partial charge in [-0.05, 0) is 61.2 Å². The van der Waals surface area contributed by atoms with Gasteiger partial charge >= 0.3 is 0 Å². The average molecular weight is 397 g/mol. The molecule has 0 bridgehead atoms. The molecule has 0 atom stereocenters. The van der Waals surface area contributed by atoms with Crippen molar-refractivity contribution in [2.45, 2.75) is 27.2 Å². The maximum absolute atomic E-state index is 6.09. The van der Waals surface area contributed by atoms with E-state index in [1.54, 1.807) is 0 Å². The van der Waals surface area contributed by atoms with Crippen molar-refractivity contribution in [3.8, 4) is 11.5 Å². The van der Waals surface area contributed by atoms with Gasteiger partial charge in [0.25, 0.3) is 0 Å². The van der Waals surface area contributed by atoms with Gasteiger partial charge in [-0.1, -0.05) is 56.0 Å². The van der Waals surface area contributed by atoms with Gasteiger partial charge in [0.05, 0.1) is 11.2 Å². The quantitative estimate of drug-likeness (QED) is 0.381. The largest absolute Gasteiger partial charge is 0.457 e. The Labute approximate surface area is 179 Å². The van der Waals surface area contributed by atoms with E-state index in [1.807, 2.05) is 36.4 Å². The lowest BCUT2D eigenvalue weighted by molar-refractivity contribution is 0.483. The minimum absolute atomic E-state index is 0. The molecule has 0 fully saturated rings. The molecular weight excluding hydrogens is 368 g/mol. The summed E-state index contributed by atoms with van der Waals surface area (Å²) in [6.45, 7) is 4.19. The number of pyridine rings is 1. The maximum atomic E-state index is 6.09. The normalized spacial score (nSPS) is 12.5. The van der Waals surface area contributed by atoms with E-state index in [0.717, 1.165) is 48.6 Å². The minimum atomic E-state index is 0. The number of nitrogens with zero attached hydrogens (tertiary/aromatic N) is 2. The van der Waals surface area contributed by atoms with Gasteiger partial charge in [0.2, 0.25) is 0 Å². The van der Waals surface area contributed by atoms with Crippen LogP contribution in [0.4, 0.5) is 5.69 Å². The van der Waals surface area contributed by atoms with Crippen LogP contribution >= 0.6 is 0 Å². The average Bonchev–Trinajstić information content (AvgIpc) is 3.19. The van der Waals surface area contributed by atoms with E-state index in [0.29, 0.717) is 0 Å². The van der Waals surface area contributed by atoms with E-state index in [1.165, 1.54) is 22.2 Å². The van der Waals surface area contributed by atoms with E-state index in [4.69, 9.17) is 9.72 Å². The lowest BCUT2D eigenvalue weighted by Crippen LogP contribution is -2.23. The fourth-order valence-electron chi connectivity index (χ4n) is 4.22. The number of fused-ring (bicyclic) bond motifs is 3. The zero-order valence-electron chi connectivity index (χ0n) is 16.6. The number of para-hydroxylation sites is 1. The van der Waals surface area contributed by atoms with Crippen molar-refractivity contribution in [3.05, 3.63) is 95.7 Å². The number of hydrogen-bond acceptors (Lipinski definition) is 3. The van der Waals surface area contributed by atoms with E-state index >= 15 is 0 Å². The molecule has 152 valence electrons. The Morgan fingerprint density at radius 2 is 1.63 bits per heavy atom. The van der Waals surface area contributed by atoms with Crippen LogP contribution in [0, 0.1) is 6.92 Å². The predicted octanol–water partition coefficient (Wildman–Crippen LogP) is 6.58. The number of anilines is 1. The van der Waals surface area contributed by atoms with E-state index < -0.39 is 0 Å². The van der Waals surface area contributed by atoms with E-state index in [-0.39, 0.29) is 7.43 Å². The second-order valence-electron chi connectivity index (χ2n) is 7.59. The first-order chi connectivity index (χ1) is 14.3. The van der Waals surface area contributed by atoms with Crippen LogP contribution in [0.25, 0.3) is 10.9 Å². The third kappa shape index (κ3) is 3.88. The highest BCUT2D eigenvalue weighted by Gasteiger charge is 2.24. The Kier molecular flexibility index (Phi) is 5.71. The second-order valence-corrected chi connectivity index (χ2v) is 7.59. The van der Waals surface area contributed by atoms with Crippen LogP contribution in [-0.4, -0.2) is 18.1 Å². The number of rotatable bonds is 5. The molecule has 0 spiro atoms. The minimum Gasteiger partial charge on any atom is -0.457 e. The molecule has 0 saturated carbocycles. The van der Waals surface area contributed by atoms with Crippen molar-refractivity contribution >= 4 is 16.6 Å². The zero-order valence-corrected chi connectivity index (χ0v) is 16.6.